The number of hydrogen-bond donors (Lipinski definition) is 2. The Balaban J connectivity index is 1.37. The summed E-state index contributed by atoms with van der Waals surface area (Å²) in [5.41, 5.74) is 3.00. The Kier molecular flexibility index (Phi) is 7.07. The summed E-state index contributed by atoms with van der Waals surface area (Å²) in [6, 6.07) is 20.2. The first-order valence-corrected chi connectivity index (χ1v) is 14.6. The number of anilines is 4. The van der Waals surface area contributed by atoms with E-state index < -0.39 is 9.84 Å². The zero-order chi connectivity index (χ0) is 26.7. The molecular weight excluding hydrogens is 522 g/mol. The van der Waals surface area contributed by atoms with Gasteiger partial charge in [-0.3, -0.25) is 14.7 Å². The first-order valence-electron chi connectivity index (χ1n) is 11.6. The first kappa shape index (κ1) is 25.4. The van der Waals surface area contributed by atoms with Crippen LogP contribution in [0.25, 0.3) is 11.0 Å². The summed E-state index contributed by atoms with van der Waals surface area (Å²) in [4.78, 5) is 28.8. The standard InChI is InChI=1S/C26H25N7O3S2/c1-32(23-12-13-27-25(30-23)28-19-8-5-7-18(15-19)16-38(2,35)36)17-33-21-10-4-3-9-20(21)29-26(33)31-24(34)22-11-6-14-37-22/h3-15H,16-17H2,1-2H3,(H,27,28,30)(H,29,31,34). The first-order chi connectivity index (χ1) is 18.2. The van der Waals surface area contributed by atoms with Gasteiger partial charge in [0.2, 0.25) is 11.9 Å². The van der Waals surface area contributed by atoms with Crippen molar-refractivity contribution in [2.75, 3.05) is 28.8 Å². The monoisotopic (exact) mass is 547 g/mol. The van der Waals surface area contributed by atoms with E-state index in [1.54, 1.807) is 36.5 Å². The molecule has 0 spiro atoms. The number of carbonyl (C=O) groups is 1. The van der Waals surface area contributed by atoms with Crippen LogP contribution in [0.2, 0.25) is 0 Å². The highest BCUT2D eigenvalue weighted by atomic mass is 32.2. The van der Waals surface area contributed by atoms with E-state index in [0.29, 0.717) is 40.5 Å². The average molecular weight is 548 g/mol. The van der Waals surface area contributed by atoms with Crippen molar-refractivity contribution < 1.29 is 13.2 Å². The van der Waals surface area contributed by atoms with Gasteiger partial charge in [-0.1, -0.05) is 30.3 Å². The van der Waals surface area contributed by atoms with Crippen molar-refractivity contribution in [3.63, 3.8) is 0 Å². The lowest BCUT2D eigenvalue weighted by Crippen LogP contribution is -2.25. The van der Waals surface area contributed by atoms with Gasteiger partial charge >= 0.3 is 0 Å². The van der Waals surface area contributed by atoms with Crippen LogP contribution in [0.5, 0.6) is 0 Å². The molecule has 3 heterocycles. The largest absolute Gasteiger partial charge is 0.341 e. The van der Waals surface area contributed by atoms with Gasteiger partial charge in [0.15, 0.2) is 9.84 Å². The van der Waals surface area contributed by atoms with Crippen molar-refractivity contribution in [2.24, 2.45) is 0 Å². The summed E-state index contributed by atoms with van der Waals surface area (Å²) < 4.78 is 25.3. The number of nitrogens with one attached hydrogen (secondary N) is 2. The predicted molar refractivity (Wildman–Crippen MR) is 151 cm³/mol. The Morgan fingerprint density at radius 3 is 2.68 bits per heavy atom. The van der Waals surface area contributed by atoms with Gasteiger partial charge in [0.25, 0.3) is 5.91 Å². The fraction of sp³-hybridized carbons (Fsp3) is 0.154. The van der Waals surface area contributed by atoms with Gasteiger partial charge in [-0.25, -0.2) is 18.4 Å². The number of carbonyl (C=O) groups excluding carboxylic acids is 1. The predicted octanol–water partition coefficient (Wildman–Crippen LogP) is 4.52. The number of sulfone groups is 1. The van der Waals surface area contributed by atoms with Gasteiger partial charge in [0, 0.05) is 25.2 Å². The number of nitrogens with zero attached hydrogens (tertiary/aromatic N) is 5. The van der Waals surface area contributed by atoms with Gasteiger partial charge in [-0.15, -0.1) is 11.3 Å². The summed E-state index contributed by atoms with van der Waals surface area (Å²) >= 11 is 1.37. The SMILES string of the molecule is CN(Cn1c(NC(=O)c2cccs2)nc2ccccc21)c1ccnc(Nc2cccc(CS(C)(=O)=O)c2)n1. The summed E-state index contributed by atoms with van der Waals surface area (Å²) in [5.74, 6) is 1.18. The molecule has 10 nitrogen and oxygen atoms in total. The van der Waals surface area contributed by atoms with E-state index in [-0.39, 0.29) is 11.7 Å². The van der Waals surface area contributed by atoms with E-state index in [9.17, 15) is 13.2 Å². The number of imidazole rings is 1. The summed E-state index contributed by atoms with van der Waals surface area (Å²) in [6.45, 7) is 0.362. The number of benzene rings is 2. The quantitative estimate of drug-likeness (QED) is 0.276. The third-order valence-corrected chi connectivity index (χ3v) is 7.35. The van der Waals surface area contributed by atoms with Crippen molar-refractivity contribution in [3.05, 3.63) is 88.7 Å². The Bertz CT molecular complexity index is 1700. The Labute approximate surface area is 223 Å². The van der Waals surface area contributed by atoms with Crippen LogP contribution in [0.3, 0.4) is 0 Å². The van der Waals surface area contributed by atoms with Crippen LogP contribution < -0.4 is 15.5 Å². The lowest BCUT2D eigenvalue weighted by atomic mass is 10.2. The number of para-hydroxylation sites is 2. The van der Waals surface area contributed by atoms with Crippen LogP contribution in [0.15, 0.2) is 78.3 Å². The van der Waals surface area contributed by atoms with Crippen LogP contribution in [0.1, 0.15) is 15.2 Å². The van der Waals surface area contributed by atoms with Gasteiger partial charge in [0.1, 0.15) is 5.82 Å². The highest BCUT2D eigenvalue weighted by Gasteiger charge is 2.17. The molecule has 1 amide bonds. The van der Waals surface area contributed by atoms with Crippen LogP contribution in [-0.4, -0.2) is 47.1 Å². The lowest BCUT2D eigenvalue weighted by Gasteiger charge is -2.21. The van der Waals surface area contributed by atoms with Crippen LogP contribution >= 0.6 is 11.3 Å². The number of rotatable bonds is 9. The van der Waals surface area contributed by atoms with Crippen LogP contribution in [0, 0.1) is 0 Å². The van der Waals surface area contributed by atoms with E-state index in [1.165, 1.54) is 17.6 Å². The minimum Gasteiger partial charge on any atom is -0.341 e. The van der Waals surface area contributed by atoms with Crippen LogP contribution in [-0.2, 0) is 22.3 Å². The van der Waals surface area contributed by atoms with E-state index in [1.807, 2.05) is 58.3 Å². The molecule has 0 aliphatic rings. The molecule has 0 aliphatic heterocycles. The molecule has 12 heteroatoms. The van der Waals surface area contributed by atoms with Crippen molar-refractivity contribution in [1.82, 2.24) is 19.5 Å². The third-order valence-electron chi connectivity index (χ3n) is 5.62. The third kappa shape index (κ3) is 5.98. The van der Waals surface area contributed by atoms with Crippen molar-refractivity contribution >= 4 is 61.5 Å². The summed E-state index contributed by atoms with van der Waals surface area (Å²) in [6.07, 6.45) is 2.85. The Hall–Kier alpha value is -4.29. The topological polar surface area (TPSA) is 122 Å². The van der Waals surface area contributed by atoms with Gasteiger partial charge in [0.05, 0.1) is 28.3 Å². The normalized spacial score (nSPS) is 11.4. The average Bonchev–Trinajstić information content (AvgIpc) is 3.52. The van der Waals surface area contributed by atoms with E-state index in [4.69, 9.17) is 0 Å². The van der Waals surface area contributed by atoms with Crippen molar-refractivity contribution in [2.45, 2.75) is 12.4 Å². The molecule has 194 valence electrons. The summed E-state index contributed by atoms with van der Waals surface area (Å²) in [5, 5.41) is 7.94. The molecule has 38 heavy (non-hydrogen) atoms. The molecule has 0 saturated heterocycles. The second-order valence-electron chi connectivity index (χ2n) is 8.76. The molecule has 0 radical (unpaired) electrons. The van der Waals surface area contributed by atoms with Gasteiger partial charge in [-0.05, 0) is 47.3 Å². The van der Waals surface area contributed by atoms with E-state index >= 15 is 0 Å². The molecule has 0 atom stereocenters. The minimum atomic E-state index is -3.15. The number of thiophene rings is 1. The number of amides is 1. The smallest absolute Gasteiger partial charge is 0.268 e. The second kappa shape index (κ2) is 10.6. The zero-order valence-corrected chi connectivity index (χ0v) is 22.3. The summed E-state index contributed by atoms with van der Waals surface area (Å²) in [7, 11) is -1.26. The maximum Gasteiger partial charge on any atom is 0.268 e. The van der Waals surface area contributed by atoms with Crippen LogP contribution in [0.4, 0.5) is 23.4 Å². The second-order valence-corrected chi connectivity index (χ2v) is 11.8. The molecule has 0 saturated carbocycles. The van der Waals surface area contributed by atoms with Crippen molar-refractivity contribution in [3.8, 4) is 0 Å². The molecular formula is C26H25N7O3S2. The molecule has 5 rings (SSSR count). The zero-order valence-electron chi connectivity index (χ0n) is 20.7. The highest BCUT2D eigenvalue weighted by molar-refractivity contribution is 7.89. The van der Waals surface area contributed by atoms with Crippen molar-refractivity contribution in [1.29, 1.82) is 0 Å². The molecule has 5 aromatic rings. The maximum absolute atomic E-state index is 12.7. The Morgan fingerprint density at radius 1 is 1.05 bits per heavy atom. The molecule has 0 aliphatic carbocycles. The molecule has 3 aromatic heterocycles. The molecule has 0 unspecified atom stereocenters. The molecule has 0 bridgehead atoms. The van der Waals surface area contributed by atoms with Gasteiger partial charge < -0.3 is 10.2 Å². The molecule has 2 aromatic carbocycles. The minimum absolute atomic E-state index is 0.0453. The number of hydrogen-bond acceptors (Lipinski definition) is 9. The fourth-order valence-electron chi connectivity index (χ4n) is 3.96. The maximum atomic E-state index is 12.7. The lowest BCUT2D eigenvalue weighted by molar-refractivity contribution is 0.102. The van der Waals surface area contributed by atoms with E-state index in [2.05, 4.69) is 25.6 Å². The Morgan fingerprint density at radius 2 is 1.89 bits per heavy atom. The number of aromatic nitrogens is 4. The van der Waals surface area contributed by atoms with Gasteiger partial charge in [-0.2, -0.15) is 4.98 Å². The number of fused-ring (bicyclic) bond motifs is 1. The molecule has 2 N–H and O–H groups in total. The molecule has 0 fully saturated rings. The fourth-order valence-corrected chi connectivity index (χ4v) is 5.37. The van der Waals surface area contributed by atoms with E-state index in [0.717, 1.165) is 11.0 Å². The highest BCUT2D eigenvalue weighted by Crippen LogP contribution is 2.23.